The number of carbonyl (C=O) groups is 2. The molecule has 2 rings (SSSR count). The molecule has 1 unspecified atom stereocenters. The Morgan fingerprint density at radius 3 is 2.71 bits per heavy atom. The monoisotopic (exact) mass is 317 g/mol. The number of benzene rings is 1. The summed E-state index contributed by atoms with van der Waals surface area (Å²) in [6.07, 6.45) is 0.788. The van der Waals surface area contributed by atoms with Crippen LogP contribution in [0.15, 0.2) is 24.3 Å². The molecule has 21 heavy (non-hydrogen) atoms. The van der Waals surface area contributed by atoms with Crippen LogP contribution in [-0.2, 0) is 15.5 Å². The summed E-state index contributed by atoms with van der Waals surface area (Å²) in [5.74, 6) is -6.96. The van der Waals surface area contributed by atoms with Gasteiger partial charge in [-0.2, -0.15) is 8.78 Å². The van der Waals surface area contributed by atoms with E-state index in [-0.39, 0.29) is 18.1 Å². The lowest BCUT2D eigenvalue weighted by Gasteiger charge is -2.33. The molecule has 114 valence electrons. The van der Waals surface area contributed by atoms with E-state index in [1.54, 1.807) is 0 Å². The molecule has 1 N–H and O–H groups in total. The number of halogens is 3. The summed E-state index contributed by atoms with van der Waals surface area (Å²) in [4.78, 5) is 23.9. The van der Waals surface area contributed by atoms with Crippen molar-refractivity contribution in [1.82, 2.24) is 4.90 Å². The lowest BCUT2D eigenvalue weighted by molar-refractivity contribution is -0.162. The molecule has 0 aromatic heterocycles. The number of rotatable bonds is 3. The first-order valence-corrected chi connectivity index (χ1v) is 6.86. The lowest BCUT2D eigenvalue weighted by atomic mass is 9.97. The molecule has 1 aliphatic rings. The molecule has 1 atom stereocenters. The van der Waals surface area contributed by atoms with Gasteiger partial charge >= 0.3 is 11.9 Å². The molecule has 1 aromatic carbocycles. The third-order valence-electron chi connectivity index (χ3n) is 3.51. The first-order chi connectivity index (χ1) is 9.82. The van der Waals surface area contributed by atoms with Crippen LogP contribution in [0.5, 0.6) is 0 Å². The largest absolute Gasteiger partial charge is 0.481 e. The van der Waals surface area contributed by atoms with Gasteiger partial charge in [0.2, 0.25) is 0 Å². The van der Waals surface area contributed by atoms with Crippen molar-refractivity contribution in [2.45, 2.75) is 18.8 Å². The van der Waals surface area contributed by atoms with Crippen molar-refractivity contribution in [3.05, 3.63) is 34.9 Å². The molecule has 0 saturated carbocycles. The minimum atomic E-state index is -3.72. The summed E-state index contributed by atoms with van der Waals surface area (Å²) in [5.41, 5.74) is -0.488. The number of piperidine rings is 1. The van der Waals surface area contributed by atoms with E-state index in [1.807, 2.05) is 0 Å². The molecule has 1 amide bonds. The molecule has 1 heterocycles. The lowest BCUT2D eigenvalue weighted by Crippen LogP contribution is -2.48. The normalized spacial score (nSPS) is 19.4. The molecule has 0 bridgehead atoms. The number of nitrogens with zero attached hydrogens (tertiary/aromatic N) is 1. The van der Waals surface area contributed by atoms with Gasteiger partial charge in [0.05, 0.1) is 5.92 Å². The first kappa shape index (κ1) is 15.7. The van der Waals surface area contributed by atoms with Crippen LogP contribution in [0.2, 0.25) is 5.02 Å². The predicted octanol–water partition coefficient (Wildman–Crippen LogP) is 2.76. The van der Waals surface area contributed by atoms with Crippen LogP contribution in [0.1, 0.15) is 18.4 Å². The van der Waals surface area contributed by atoms with E-state index < -0.39 is 29.3 Å². The Morgan fingerprint density at radius 2 is 2.10 bits per heavy atom. The zero-order valence-corrected chi connectivity index (χ0v) is 11.8. The molecule has 1 saturated heterocycles. The second-order valence-corrected chi connectivity index (χ2v) is 5.45. The molecule has 1 aromatic rings. The Bertz CT molecular complexity index is 565. The van der Waals surface area contributed by atoms with Gasteiger partial charge in [0, 0.05) is 23.7 Å². The Labute approximate surface area is 125 Å². The number of carboxylic acids is 1. The molecular formula is C14H14ClF2NO3. The molecule has 4 nitrogen and oxygen atoms in total. The fourth-order valence-corrected chi connectivity index (χ4v) is 2.56. The summed E-state index contributed by atoms with van der Waals surface area (Å²) < 4.78 is 28.5. The van der Waals surface area contributed by atoms with Crippen LogP contribution < -0.4 is 0 Å². The van der Waals surface area contributed by atoms with Crippen molar-refractivity contribution < 1.29 is 23.5 Å². The van der Waals surface area contributed by atoms with Crippen molar-refractivity contribution in [3.63, 3.8) is 0 Å². The van der Waals surface area contributed by atoms with Gasteiger partial charge in [0.15, 0.2) is 0 Å². The predicted molar refractivity (Wildman–Crippen MR) is 72.3 cm³/mol. The Balaban J connectivity index is 2.19. The highest BCUT2D eigenvalue weighted by Gasteiger charge is 2.45. The Morgan fingerprint density at radius 1 is 1.38 bits per heavy atom. The van der Waals surface area contributed by atoms with E-state index in [1.165, 1.54) is 12.1 Å². The summed E-state index contributed by atoms with van der Waals surface area (Å²) >= 11 is 5.67. The first-order valence-electron chi connectivity index (χ1n) is 6.48. The number of aliphatic carboxylic acids is 1. The van der Waals surface area contributed by atoms with Crippen LogP contribution in [0.3, 0.4) is 0 Å². The van der Waals surface area contributed by atoms with E-state index >= 15 is 0 Å². The highest BCUT2D eigenvalue weighted by Crippen LogP contribution is 2.33. The molecule has 0 radical (unpaired) electrons. The van der Waals surface area contributed by atoms with Crippen molar-refractivity contribution >= 4 is 23.5 Å². The molecule has 7 heteroatoms. The van der Waals surface area contributed by atoms with Gasteiger partial charge in [0.1, 0.15) is 0 Å². The molecule has 1 fully saturated rings. The highest BCUT2D eigenvalue weighted by molar-refractivity contribution is 6.30. The number of carbonyl (C=O) groups excluding carboxylic acids is 1. The quantitative estimate of drug-likeness (QED) is 0.932. The topological polar surface area (TPSA) is 57.6 Å². The fourth-order valence-electron chi connectivity index (χ4n) is 2.37. The minimum Gasteiger partial charge on any atom is -0.481 e. The number of hydrogen-bond donors (Lipinski definition) is 1. The zero-order valence-electron chi connectivity index (χ0n) is 11.1. The minimum absolute atomic E-state index is 0.113. The number of carboxylic acid groups (broad SMARTS) is 1. The number of hydrogen-bond acceptors (Lipinski definition) is 2. The smallest absolute Gasteiger partial charge is 0.350 e. The molecule has 0 spiro atoms. The fraction of sp³-hybridized carbons (Fsp3) is 0.429. The Hall–Kier alpha value is -1.69. The van der Waals surface area contributed by atoms with E-state index in [0.29, 0.717) is 12.8 Å². The zero-order chi connectivity index (χ0) is 15.6. The van der Waals surface area contributed by atoms with Crippen molar-refractivity contribution in [2.24, 2.45) is 5.92 Å². The van der Waals surface area contributed by atoms with Crippen molar-refractivity contribution in [2.75, 3.05) is 13.1 Å². The van der Waals surface area contributed by atoms with Crippen LogP contribution in [-0.4, -0.2) is 35.0 Å². The summed E-state index contributed by atoms with van der Waals surface area (Å²) in [6, 6.07) is 4.95. The summed E-state index contributed by atoms with van der Waals surface area (Å²) in [7, 11) is 0. The Kier molecular flexibility index (Phi) is 4.46. The average molecular weight is 318 g/mol. The summed E-state index contributed by atoms with van der Waals surface area (Å²) in [5, 5.41) is 9.06. The van der Waals surface area contributed by atoms with Crippen LogP contribution in [0.25, 0.3) is 0 Å². The van der Waals surface area contributed by atoms with Crippen LogP contribution >= 0.6 is 11.6 Å². The maximum absolute atomic E-state index is 14.2. The third kappa shape index (κ3) is 3.32. The van der Waals surface area contributed by atoms with Gasteiger partial charge in [-0.3, -0.25) is 9.59 Å². The number of likely N-dealkylation sites (tertiary alicyclic amines) is 1. The van der Waals surface area contributed by atoms with E-state index in [9.17, 15) is 18.4 Å². The molecule has 0 aliphatic carbocycles. The second-order valence-electron chi connectivity index (χ2n) is 5.01. The van der Waals surface area contributed by atoms with Gasteiger partial charge in [-0.25, -0.2) is 0 Å². The van der Waals surface area contributed by atoms with E-state index in [2.05, 4.69) is 0 Å². The second kappa shape index (κ2) is 5.97. The average Bonchev–Trinajstić information content (AvgIpc) is 2.46. The van der Waals surface area contributed by atoms with Gasteiger partial charge in [-0.15, -0.1) is 0 Å². The maximum atomic E-state index is 14.2. The third-order valence-corrected chi connectivity index (χ3v) is 3.75. The SMILES string of the molecule is O=C(O)C1CCCN(C(=O)C(F)(F)c2cccc(Cl)c2)C1. The standard InChI is InChI=1S/C14H14ClF2NO3/c15-11-5-1-4-10(7-11)14(16,17)13(21)18-6-2-3-9(8-18)12(19)20/h1,4-5,7,9H,2-3,6,8H2,(H,19,20). The van der Waals surface area contributed by atoms with Crippen molar-refractivity contribution in [3.8, 4) is 0 Å². The van der Waals surface area contributed by atoms with Crippen LogP contribution in [0, 0.1) is 5.92 Å². The van der Waals surface area contributed by atoms with Gasteiger partial charge < -0.3 is 10.0 Å². The van der Waals surface area contributed by atoms with Crippen molar-refractivity contribution in [1.29, 1.82) is 0 Å². The van der Waals surface area contributed by atoms with Gasteiger partial charge in [-0.05, 0) is 25.0 Å². The van der Waals surface area contributed by atoms with Crippen LogP contribution in [0.4, 0.5) is 8.78 Å². The molecule has 1 aliphatic heterocycles. The maximum Gasteiger partial charge on any atom is 0.350 e. The van der Waals surface area contributed by atoms with Gasteiger partial charge in [-0.1, -0.05) is 23.7 Å². The van der Waals surface area contributed by atoms with E-state index in [4.69, 9.17) is 16.7 Å². The van der Waals surface area contributed by atoms with Gasteiger partial charge in [0.25, 0.3) is 5.91 Å². The molecular weight excluding hydrogens is 304 g/mol. The highest BCUT2D eigenvalue weighted by atomic mass is 35.5. The number of alkyl halides is 2. The van der Waals surface area contributed by atoms with E-state index in [0.717, 1.165) is 17.0 Å². The number of amides is 1. The summed E-state index contributed by atoms with van der Waals surface area (Å²) in [6.45, 7) is -0.0525.